The van der Waals surface area contributed by atoms with Crippen molar-refractivity contribution in [1.82, 2.24) is 10.2 Å². The molecule has 0 spiro atoms. The molecule has 2 aliphatic rings. The van der Waals surface area contributed by atoms with Gasteiger partial charge in [-0.05, 0) is 11.8 Å². The Hall–Kier alpha value is -0.570. The fourth-order valence-electron chi connectivity index (χ4n) is 2.50. The van der Waals surface area contributed by atoms with Gasteiger partial charge in [0.15, 0.2) is 0 Å². The minimum atomic E-state index is -0.216. The van der Waals surface area contributed by atoms with Crippen molar-refractivity contribution in [2.24, 2.45) is 17.3 Å². The number of carbonyl (C=O) groups excluding carboxylic acids is 1. The summed E-state index contributed by atoms with van der Waals surface area (Å²) in [6.45, 7) is 10.1. The molecule has 2 fully saturated rings. The number of hydrogen-bond donors (Lipinski definition) is 1. The smallest absolute Gasteiger partial charge is 0.227 e. The van der Waals surface area contributed by atoms with Gasteiger partial charge in [0.05, 0.1) is 0 Å². The first kappa shape index (κ1) is 9.97. The van der Waals surface area contributed by atoms with Crippen LogP contribution in [-0.2, 0) is 4.79 Å². The van der Waals surface area contributed by atoms with E-state index in [4.69, 9.17) is 0 Å². The lowest BCUT2D eigenvalue weighted by Gasteiger charge is -2.26. The van der Waals surface area contributed by atoms with Crippen LogP contribution in [-0.4, -0.2) is 37.0 Å². The van der Waals surface area contributed by atoms with Gasteiger partial charge in [-0.3, -0.25) is 4.79 Å². The van der Waals surface area contributed by atoms with Gasteiger partial charge < -0.3 is 10.2 Å². The number of hydrogen-bond acceptors (Lipinski definition) is 2. The van der Waals surface area contributed by atoms with Crippen molar-refractivity contribution in [3.63, 3.8) is 0 Å². The second kappa shape index (κ2) is 3.23. The van der Waals surface area contributed by atoms with Crippen LogP contribution in [0.25, 0.3) is 0 Å². The van der Waals surface area contributed by atoms with Crippen LogP contribution in [0.15, 0.2) is 0 Å². The van der Waals surface area contributed by atoms with Gasteiger partial charge in [0, 0.05) is 31.6 Å². The number of carbonyl (C=O) groups is 1. The molecule has 0 aromatic rings. The summed E-state index contributed by atoms with van der Waals surface area (Å²) in [5.74, 6) is 1.73. The zero-order valence-corrected chi connectivity index (χ0v) is 9.34. The third-order valence-corrected chi connectivity index (χ3v) is 3.32. The van der Waals surface area contributed by atoms with E-state index in [1.54, 1.807) is 0 Å². The topological polar surface area (TPSA) is 32.3 Å². The zero-order chi connectivity index (χ0) is 10.3. The molecule has 1 amide bonds. The van der Waals surface area contributed by atoms with Gasteiger partial charge in [0.1, 0.15) is 0 Å². The molecule has 2 rings (SSSR count). The molecule has 2 heterocycles. The van der Waals surface area contributed by atoms with Crippen LogP contribution in [0.4, 0.5) is 0 Å². The highest BCUT2D eigenvalue weighted by Crippen LogP contribution is 2.29. The third-order valence-electron chi connectivity index (χ3n) is 3.32. The quantitative estimate of drug-likeness (QED) is 0.619. The highest BCUT2D eigenvalue weighted by atomic mass is 16.2. The fraction of sp³-hybridized carbons (Fsp3) is 0.909. The second-order valence-electron chi connectivity index (χ2n) is 5.64. The zero-order valence-electron chi connectivity index (χ0n) is 9.34. The monoisotopic (exact) mass is 196 g/mol. The maximum absolute atomic E-state index is 12.0. The van der Waals surface area contributed by atoms with Crippen LogP contribution < -0.4 is 5.32 Å². The molecule has 1 N–H and O–H groups in total. The summed E-state index contributed by atoms with van der Waals surface area (Å²) in [5.41, 5.74) is -0.216. The first-order valence-corrected chi connectivity index (χ1v) is 5.48. The number of rotatable bonds is 0. The van der Waals surface area contributed by atoms with Gasteiger partial charge in [0.2, 0.25) is 5.91 Å². The van der Waals surface area contributed by atoms with E-state index in [1.165, 1.54) is 0 Å². The van der Waals surface area contributed by atoms with Crippen LogP contribution in [0, 0.1) is 17.3 Å². The number of nitrogens with zero attached hydrogens (tertiary/aromatic N) is 1. The minimum Gasteiger partial charge on any atom is -0.342 e. The van der Waals surface area contributed by atoms with Crippen LogP contribution in [0.5, 0.6) is 0 Å². The predicted molar refractivity (Wildman–Crippen MR) is 55.9 cm³/mol. The fourth-order valence-corrected chi connectivity index (χ4v) is 2.50. The van der Waals surface area contributed by atoms with E-state index in [-0.39, 0.29) is 5.41 Å². The largest absolute Gasteiger partial charge is 0.342 e. The Kier molecular flexibility index (Phi) is 2.30. The average Bonchev–Trinajstić information content (AvgIpc) is 2.58. The van der Waals surface area contributed by atoms with Crippen molar-refractivity contribution in [1.29, 1.82) is 0 Å². The van der Waals surface area contributed by atoms with Gasteiger partial charge >= 0.3 is 0 Å². The maximum atomic E-state index is 12.0. The maximum Gasteiger partial charge on any atom is 0.227 e. The number of amides is 1. The molecule has 2 aliphatic heterocycles. The molecule has 14 heavy (non-hydrogen) atoms. The Morgan fingerprint density at radius 2 is 1.71 bits per heavy atom. The Morgan fingerprint density at radius 1 is 1.21 bits per heavy atom. The molecule has 0 radical (unpaired) electrons. The molecule has 0 aromatic heterocycles. The Morgan fingerprint density at radius 3 is 2.14 bits per heavy atom. The van der Waals surface area contributed by atoms with E-state index in [0.29, 0.717) is 17.7 Å². The van der Waals surface area contributed by atoms with Crippen molar-refractivity contribution in [2.75, 3.05) is 26.2 Å². The summed E-state index contributed by atoms with van der Waals surface area (Å²) in [6.07, 6.45) is 0. The molecule has 0 aromatic carbocycles. The lowest BCUT2D eigenvalue weighted by Crippen LogP contribution is -2.39. The van der Waals surface area contributed by atoms with Crippen LogP contribution in [0.2, 0.25) is 0 Å². The molecular weight excluding hydrogens is 176 g/mol. The number of fused-ring (bicyclic) bond motifs is 1. The van der Waals surface area contributed by atoms with E-state index < -0.39 is 0 Å². The normalized spacial score (nSPS) is 32.1. The molecule has 0 saturated carbocycles. The van der Waals surface area contributed by atoms with E-state index >= 15 is 0 Å². The highest BCUT2D eigenvalue weighted by Gasteiger charge is 2.40. The molecule has 80 valence electrons. The van der Waals surface area contributed by atoms with Crippen LogP contribution >= 0.6 is 0 Å². The third kappa shape index (κ3) is 1.65. The summed E-state index contributed by atoms with van der Waals surface area (Å²) in [6, 6.07) is 0. The van der Waals surface area contributed by atoms with Gasteiger partial charge in [0.25, 0.3) is 0 Å². The molecule has 0 bridgehead atoms. The SMILES string of the molecule is CC(C)(C)C(=O)N1C[C@H]2CNC[C@H]2C1. The first-order chi connectivity index (χ1) is 6.48. The van der Waals surface area contributed by atoms with Crippen LogP contribution in [0.1, 0.15) is 20.8 Å². The Labute approximate surface area is 85.8 Å². The van der Waals surface area contributed by atoms with Gasteiger partial charge in [-0.15, -0.1) is 0 Å². The Bertz CT molecular complexity index is 232. The molecular formula is C11H20N2O. The highest BCUT2D eigenvalue weighted by molar-refractivity contribution is 5.81. The minimum absolute atomic E-state index is 0.216. The summed E-state index contributed by atoms with van der Waals surface area (Å²) < 4.78 is 0. The van der Waals surface area contributed by atoms with Crippen molar-refractivity contribution < 1.29 is 4.79 Å². The standard InChI is InChI=1S/C11H20N2O/c1-11(2,3)10(14)13-6-8-4-12-5-9(8)7-13/h8-9,12H,4-7H2,1-3H3/t8-,9+. The van der Waals surface area contributed by atoms with Crippen molar-refractivity contribution >= 4 is 5.91 Å². The summed E-state index contributed by atoms with van der Waals surface area (Å²) >= 11 is 0. The molecule has 3 heteroatoms. The molecule has 2 atom stereocenters. The lowest BCUT2D eigenvalue weighted by atomic mass is 9.95. The molecule has 0 unspecified atom stereocenters. The Balaban J connectivity index is 1.99. The summed E-state index contributed by atoms with van der Waals surface area (Å²) in [7, 11) is 0. The second-order valence-corrected chi connectivity index (χ2v) is 5.64. The molecule has 3 nitrogen and oxygen atoms in total. The van der Waals surface area contributed by atoms with E-state index in [9.17, 15) is 4.79 Å². The molecule has 0 aliphatic carbocycles. The number of nitrogens with one attached hydrogen (secondary N) is 1. The van der Waals surface area contributed by atoms with Gasteiger partial charge in [-0.25, -0.2) is 0 Å². The summed E-state index contributed by atoms with van der Waals surface area (Å²) in [5, 5.41) is 3.38. The van der Waals surface area contributed by atoms with E-state index in [0.717, 1.165) is 26.2 Å². The molecule has 2 saturated heterocycles. The number of likely N-dealkylation sites (tertiary alicyclic amines) is 1. The summed E-state index contributed by atoms with van der Waals surface area (Å²) in [4.78, 5) is 14.1. The van der Waals surface area contributed by atoms with Gasteiger partial charge in [-0.1, -0.05) is 20.8 Å². The first-order valence-electron chi connectivity index (χ1n) is 5.48. The lowest BCUT2D eigenvalue weighted by molar-refractivity contribution is -0.138. The van der Waals surface area contributed by atoms with Gasteiger partial charge in [-0.2, -0.15) is 0 Å². The predicted octanol–water partition coefficient (Wildman–Crippen LogP) is 0.710. The van der Waals surface area contributed by atoms with E-state index in [1.807, 2.05) is 20.8 Å². The average molecular weight is 196 g/mol. The van der Waals surface area contributed by atoms with E-state index in [2.05, 4.69) is 10.2 Å². The van der Waals surface area contributed by atoms with Crippen molar-refractivity contribution in [3.8, 4) is 0 Å². The van der Waals surface area contributed by atoms with Crippen LogP contribution in [0.3, 0.4) is 0 Å². The van der Waals surface area contributed by atoms with Crippen molar-refractivity contribution in [2.45, 2.75) is 20.8 Å². The van der Waals surface area contributed by atoms with Crippen molar-refractivity contribution in [3.05, 3.63) is 0 Å².